The van der Waals surface area contributed by atoms with E-state index in [9.17, 15) is 19.3 Å². The van der Waals surface area contributed by atoms with E-state index in [2.05, 4.69) is 4.99 Å². The molecule has 23 heavy (non-hydrogen) atoms. The maximum Gasteiger partial charge on any atom is 0.279 e. The average Bonchev–Trinajstić information content (AvgIpc) is 2.82. The highest BCUT2D eigenvalue weighted by atomic mass is 32.1. The molecule has 0 N–H and O–H groups in total. The summed E-state index contributed by atoms with van der Waals surface area (Å²) in [4.78, 5) is 26.7. The van der Waals surface area contributed by atoms with Crippen molar-refractivity contribution in [1.29, 1.82) is 0 Å². The lowest BCUT2D eigenvalue weighted by Gasteiger charge is -1.96. The van der Waals surface area contributed by atoms with E-state index < -0.39 is 10.8 Å². The number of carbonyl (C=O) groups is 1. The summed E-state index contributed by atoms with van der Waals surface area (Å²) >= 11 is 1.20. The molecular weight excluding hydrogens is 321 g/mol. The van der Waals surface area contributed by atoms with Gasteiger partial charge in [-0.3, -0.25) is 14.9 Å². The van der Waals surface area contributed by atoms with Crippen molar-refractivity contribution in [3.63, 3.8) is 0 Å². The number of aromatic nitrogens is 1. The van der Waals surface area contributed by atoms with Gasteiger partial charge in [-0.2, -0.15) is 4.99 Å². The van der Waals surface area contributed by atoms with Crippen molar-refractivity contribution in [3.8, 4) is 0 Å². The van der Waals surface area contributed by atoms with Crippen LogP contribution in [0.3, 0.4) is 0 Å². The van der Waals surface area contributed by atoms with Gasteiger partial charge in [0.25, 0.3) is 11.6 Å². The number of aryl methyl sites for hydroxylation is 1. The van der Waals surface area contributed by atoms with Crippen LogP contribution in [0.15, 0.2) is 47.5 Å². The Morgan fingerprint density at radius 3 is 2.61 bits per heavy atom. The zero-order valence-corrected chi connectivity index (χ0v) is 12.7. The Balaban J connectivity index is 2.02. The van der Waals surface area contributed by atoms with E-state index in [0.717, 1.165) is 5.52 Å². The van der Waals surface area contributed by atoms with Crippen molar-refractivity contribution in [2.24, 2.45) is 12.0 Å². The molecule has 8 heteroatoms. The van der Waals surface area contributed by atoms with Crippen molar-refractivity contribution in [2.45, 2.75) is 0 Å². The maximum absolute atomic E-state index is 13.3. The molecule has 0 saturated heterocycles. The van der Waals surface area contributed by atoms with Crippen LogP contribution in [0.2, 0.25) is 0 Å². The molecule has 116 valence electrons. The van der Waals surface area contributed by atoms with Crippen molar-refractivity contribution in [1.82, 2.24) is 4.57 Å². The number of halogens is 1. The van der Waals surface area contributed by atoms with Crippen LogP contribution in [0.25, 0.3) is 10.2 Å². The van der Waals surface area contributed by atoms with E-state index in [4.69, 9.17) is 0 Å². The fourth-order valence-corrected chi connectivity index (χ4v) is 3.13. The third-order valence-electron chi connectivity index (χ3n) is 3.29. The van der Waals surface area contributed by atoms with E-state index in [1.165, 1.54) is 47.7 Å². The van der Waals surface area contributed by atoms with Gasteiger partial charge >= 0.3 is 0 Å². The molecule has 3 rings (SSSR count). The number of thiazole rings is 1. The molecule has 0 aliphatic carbocycles. The van der Waals surface area contributed by atoms with E-state index in [1.807, 2.05) is 0 Å². The Hall–Kier alpha value is -2.87. The monoisotopic (exact) mass is 331 g/mol. The van der Waals surface area contributed by atoms with Gasteiger partial charge in [0.05, 0.1) is 15.1 Å². The Kier molecular flexibility index (Phi) is 3.75. The molecular formula is C15H10FN3O3S. The molecule has 0 bridgehead atoms. The molecule has 3 aromatic rings. The summed E-state index contributed by atoms with van der Waals surface area (Å²) in [6, 6.07) is 9.57. The first-order valence-corrected chi connectivity index (χ1v) is 7.36. The molecule has 1 amide bonds. The molecule has 0 aliphatic rings. The standard InChI is InChI=1S/C15H10FN3O3S/c1-18-12-7-4-10(16)8-13(12)23-15(18)17-14(20)9-2-5-11(6-3-9)19(21)22/h2-8H,1H3. The van der Waals surface area contributed by atoms with Gasteiger partial charge < -0.3 is 4.57 Å². The minimum Gasteiger partial charge on any atom is -0.319 e. The quantitative estimate of drug-likeness (QED) is 0.535. The average molecular weight is 331 g/mol. The molecule has 0 unspecified atom stereocenters. The minimum absolute atomic E-state index is 0.0931. The molecule has 0 radical (unpaired) electrons. The lowest BCUT2D eigenvalue weighted by molar-refractivity contribution is -0.384. The second-order valence-corrected chi connectivity index (χ2v) is 5.79. The van der Waals surface area contributed by atoms with Crippen LogP contribution in [-0.2, 0) is 7.05 Å². The predicted molar refractivity (Wildman–Crippen MR) is 83.7 cm³/mol. The van der Waals surface area contributed by atoms with E-state index in [1.54, 1.807) is 17.7 Å². The largest absolute Gasteiger partial charge is 0.319 e. The van der Waals surface area contributed by atoms with Gasteiger partial charge in [0.2, 0.25) is 0 Å². The highest BCUT2D eigenvalue weighted by Gasteiger charge is 2.10. The number of nitro benzene ring substituents is 1. The zero-order chi connectivity index (χ0) is 16.6. The summed E-state index contributed by atoms with van der Waals surface area (Å²) in [6.45, 7) is 0. The molecule has 0 saturated carbocycles. The Bertz CT molecular complexity index is 989. The second kappa shape index (κ2) is 5.73. The normalized spacial score (nSPS) is 11.8. The Labute approximate surface area is 133 Å². The molecule has 0 atom stereocenters. The molecule has 0 fully saturated rings. The van der Waals surface area contributed by atoms with Crippen LogP contribution in [0.1, 0.15) is 10.4 Å². The molecule has 2 aromatic carbocycles. The number of carbonyl (C=O) groups excluding carboxylic acids is 1. The van der Waals surface area contributed by atoms with Gasteiger partial charge in [0.15, 0.2) is 4.80 Å². The van der Waals surface area contributed by atoms with Crippen molar-refractivity contribution in [2.75, 3.05) is 0 Å². The third kappa shape index (κ3) is 2.88. The summed E-state index contributed by atoms with van der Waals surface area (Å²) in [6.07, 6.45) is 0. The van der Waals surface area contributed by atoms with Gasteiger partial charge in [-0.25, -0.2) is 4.39 Å². The van der Waals surface area contributed by atoms with Crippen LogP contribution in [0.5, 0.6) is 0 Å². The number of amides is 1. The van der Waals surface area contributed by atoms with Gasteiger partial charge in [-0.15, -0.1) is 0 Å². The molecule has 1 aromatic heterocycles. The number of nitrogens with zero attached hydrogens (tertiary/aromatic N) is 3. The van der Waals surface area contributed by atoms with Crippen molar-refractivity contribution < 1.29 is 14.1 Å². The Morgan fingerprint density at radius 1 is 1.26 bits per heavy atom. The third-order valence-corrected chi connectivity index (χ3v) is 4.39. The van der Waals surface area contributed by atoms with Crippen LogP contribution >= 0.6 is 11.3 Å². The molecule has 0 aliphatic heterocycles. The number of fused-ring (bicyclic) bond motifs is 1. The van der Waals surface area contributed by atoms with Crippen molar-refractivity contribution in [3.05, 3.63) is 68.8 Å². The number of hydrogen-bond donors (Lipinski definition) is 0. The fourth-order valence-electron chi connectivity index (χ4n) is 2.09. The van der Waals surface area contributed by atoms with Crippen LogP contribution in [-0.4, -0.2) is 15.4 Å². The van der Waals surface area contributed by atoms with Gasteiger partial charge in [0.1, 0.15) is 5.82 Å². The number of rotatable bonds is 2. The topological polar surface area (TPSA) is 77.5 Å². The minimum atomic E-state index is -0.536. The number of non-ortho nitro benzene ring substituents is 1. The van der Waals surface area contributed by atoms with Crippen LogP contribution in [0.4, 0.5) is 10.1 Å². The van der Waals surface area contributed by atoms with Gasteiger partial charge in [-0.1, -0.05) is 11.3 Å². The number of benzene rings is 2. The van der Waals surface area contributed by atoms with E-state index >= 15 is 0 Å². The van der Waals surface area contributed by atoms with Crippen LogP contribution < -0.4 is 4.80 Å². The first kappa shape index (κ1) is 15.0. The van der Waals surface area contributed by atoms with Crippen molar-refractivity contribution >= 4 is 33.1 Å². The van der Waals surface area contributed by atoms with Crippen LogP contribution in [0, 0.1) is 15.9 Å². The van der Waals surface area contributed by atoms with E-state index in [0.29, 0.717) is 9.50 Å². The zero-order valence-electron chi connectivity index (χ0n) is 11.9. The number of hydrogen-bond acceptors (Lipinski definition) is 4. The Morgan fingerprint density at radius 2 is 1.96 bits per heavy atom. The highest BCUT2D eigenvalue weighted by molar-refractivity contribution is 7.16. The first-order chi connectivity index (χ1) is 11.0. The molecule has 0 spiro atoms. The maximum atomic E-state index is 13.3. The smallest absolute Gasteiger partial charge is 0.279 e. The SMILES string of the molecule is Cn1c(=NC(=O)c2ccc([N+](=O)[O-])cc2)sc2cc(F)ccc21. The summed E-state index contributed by atoms with van der Waals surface area (Å²) in [7, 11) is 1.73. The summed E-state index contributed by atoms with van der Waals surface area (Å²) < 4.78 is 15.6. The first-order valence-electron chi connectivity index (χ1n) is 6.54. The molecule has 6 nitrogen and oxygen atoms in total. The summed E-state index contributed by atoms with van der Waals surface area (Å²) in [5, 5.41) is 10.6. The fraction of sp³-hybridized carbons (Fsp3) is 0.0667. The molecule has 1 heterocycles. The predicted octanol–water partition coefficient (Wildman–Crippen LogP) is 3.03. The lowest BCUT2D eigenvalue weighted by atomic mass is 10.2. The van der Waals surface area contributed by atoms with E-state index in [-0.39, 0.29) is 17.1 Å². The summed E-state index contributed by atoms with van der Waals surface area (Å²) in [5.41, 5.74) is 0.926. The van der Waals surface area contributed by atoms with Gasteiger partial charge in [-0.05, 0) is 30.3 Å². The highest BCUT2D eigenvalue weighted by Crippen LogP contribution is 2.18. The summed E-state index contributed by atoms with van der Waals surface area (Å²) in [5.74, 6) is -0.866. The number of nitro groups is 1. The van der Waals surface area contributed by atoms with Gasteiger partial charge in [0, 0.05) is 24.7 Å². The second-order valence-electron chi connectivity index (χ2n) is 4.78. The lowest BCUT2D eigenvalue weighted by Crippen LogP contribution is -2.13.